The smallest absolute Gasteiger partial charge is 0.410 e. The van der Waals surface area contributed by atoms with Crippen molar-refractivity contribution in [2.24, 2.45) is 0 Å². The fourth-order valence-electron chi connectivity index (χ4n) is 3.05. The number of ether oxygens (including phenoxy) is 2. The number of aromatic nitrogens is 1. The van der Waals surface area contributed by atoms with Crippen LogP contribution in [0, 0.1) is 0 Å². The molecule has 2 aromatic rings. The largest absolute Gasteiger partial charge is 0.444 e. The zero-order valence-corrected chi connectivity index (χ0v) is 17.8. The molecule has 1 aromatic carbocycles. The molecule has 0 saturated carbocycles. The number of methoxy groups -OCH3 is 1. The molecule has 0 saturated heterocycles. The molecule has 0 bridgehead atoms. The molecule has 6 heteroatoms. The standard InChI is InChI=1S/C22H32N2O4/c1-16(2)24(21(26)28-22(3,4)5)15-20(25)18-14-23(12-9-13-27-6)19-11-8-7-10-17(18)19/h7-8,10-11,14,16H,9,12-13,15H2,1-6H3. The van der Waals surface area contributed by atoms with Crippen LogP contribution in [0.15, 0.2) is 30.5 Å². The van der Waals surface area contributed by atoms with Gasteiger partial charge in [-0.1, -0.05) is 18.2 Å². The molecule has 0 aliphatic carbocycles. The van der Waals surface area contributed by atoms with E-state index < -0.39 is 11.7 Å². The molecule has 0 atom stereocenters. The number of para-hydroxylation sites is 1. The molecule has 0 radical (unpaired) electrons. The number of carbonyl (C=O) groups excluding carboxylic acids is 2. The first kappa shape index (κ1) is 22.0. The van der Waals surface area contributed by atoms with Crippen LogP contribution in [0.4, 0.5) is 4.79 Å². The Morgan fingerprint density at radius 1 is 1.18 bits per heavy atom. The van der Waals surface area contributed by atoms with Crippen LogP contribution < -0.4 is 0 Å². The van der Waals surface area contributed by atoms with Crippen LogP contribution in [-0.4, -0.2) is 53.2 Å². The van der Waals surface area contributed by atoms with Gasteiger partial charge in [0.25, 0.3) is 0 Å². The summed E-state index contributed by atoms with van der Waals surface area (Å²) in [5.74, 6) is -0.0961. The van der Waals surface area contributed by atoms with E-state index in [-0.39, 0.29) is 18.4 Å². The number of Topliss-reactive ketones (excluding diaryl/α,β-unsaturated/α-hetero) is 1. The Bertz CT molecular complexity index is 818. The Labute approximate surface area is 167 Å². The normalized spacial score (nSPS) is 11.8. The average Bonchev–Trinajstić information content (AvgIpc) is 2.97. The van der Waals surface area contributed by atoms with Gasteiger partial charge in [0.2, 0.25) is 0 Å². The molecular weight excluding hydrogens is 356 g/mol. The summed E-state index contributed by atoms with van der Waals surface area (Å²) in [6.45, 7) is 10.6. The number of carbonyl (C=O) groups is 2. The predicted molar refractivity (Wildman–Crippen MR) is 111 cm³/mol. The first-order valence-corrected chi connectivity index (χ1v) is 9.73. The number of rotatable bonds is 8. The van der Waals surface area contributed by atoms with Gasteiger partial charge in [-0.25, -0.2) is 4.79 Å². The minimum Gasteiger partial charge on any atom is -0.444 e. The molecule has 0 aliphatic heterocycles. The molecule has 154 valence electrons. The second-order valence-electron chi connectivity index (χ2n) is 8.22. The summed E-state index contributed by atoms with van der Waals surface area (Å²) in [7, 11) is 1.68. The summed E-state index contributed by atoms with van der Waals surface area (Å²) in [6.07, 6.45) is 2.27. The van der Waals surface area contributed by atoms with Gasteiger partial charge < -0.3 is 14.0 Å². The highest BCUT2D eigenvalue weighted by Gasteiger charge is 2.27. The molecule has 1 amide bonds. The van der Waals surface area contributed by atoms with Gasteiger partial charge in [0.1, 0.15) is 5.60 Å². The maximum atomic E-state index is 13.1. The van der Waals surface area contributed by atoms with Crippen molar-refractivity contribution in [2.45, 2.75) is 59.2 Å². The monoisotopic (exact) mass is 388 g/mol. The van der Waals surface area contributed by atoms with Crippen molar-refractivity contribution >= 4 is 22.8 Å². The van der Waals surface area contributed by atoms with Gasteiger partial charge in [0.05, 0.1) is 6.54 Å². The first-order chi connectivity index (χ1) is 13.1. The van der Waals surface area contributed by atoms with Crippen LogP contribution in [0.2, 0.25) is 0 Å². The third-order valence-corrected chi connectivity index (χ3v) is 4.40. The fourth-order valence-corrected chi connectivity index (χ4v) is 3.05. The van der Waals surface area contributed by atoms with Gasteiger partial charge in [-0.2, -0.15) is 0 Å². The van der Waals surface area contributed by atoms with Gasteiger partial charge >= 0.3 is 6.09 Å². The summed E-state index contributed by atoms with van der Waals surface area (Å²) >= 11 is 0. The maximum absolute atomic E-state index is 13.1. The van der Waals surface area contributed by atoms with Gasteiger partial charge in [-0.05, 0) is 47.1 Å². The number of hydrogen-bond donors (Lipinski definition) is 0. The van der Waals surface area contributed by atoms with Crippen molar-refractivity contribution in [3.05, 3.63) is 36.0 Å². The molecule has 28 heavy (non-hydrogen) atoms. The van der Waals surface area contributed by atoms with Crippen LogP contribution in [0.3, 0.4) is 0 Å². The molecule has 0 fully saturated rings. The van der Waals surface area contributed by atoms with E-state index >= 15 is 0 Å². The van der Waals surface area contributed by atoms with Crippen LogP contribution in [0.1, 0.15) is 51.4 Å². The Balaban J connectivity index is 2.27. The number of aryl methyl sites for hydroxylation is 1. The predicted octanol–water partition coefficient (Wildman–Crippen LogP) is 4.51. The van der Waals surface area contributed by atoms with Crippen molar-refractivity contribution in [3.63, 3.8) is 0 Å². The lowest BCUT2D eigenvalue weighted by Crippen LogP contribution is -2.43. The highest BCUT2D eigenvalue weighted by Crippen LogP contribution is 2.23. The number of fused-ring (bicyclic) bond motifs is 1. The van der Waals surface area contributed by atoms with Gasteiger partial charge in [0.15, 0.2) is 5.78 Å². The van der Waals surface area contributed by atoms with Crippen molar-refractivity contribution in [1.29, 1.82) is 0 Å². The molecule has 0 spiro atoms. The number of hydrogen-bond acceptors (Lipinski definition) is 4. The average molecular weight is 389 g/mol. The van der Waals surface area contributed by atoms with Gasteiger partial charge in [-0.3, -0.25) is 9.69 Å². The summed E-state index contributed by atoms with van der Waals surface area (Å²) in [5.41, 5.74) is 1.03. The maximum Gasteiger partial charge on any atom is 0.410 e. The third-order valence-electron chi connectivity index (χ3n) is 4.40. The van der Waals surface area contributed by atoms with E-state index in [1.54, 1.807) is 7.11 Å². The summed E-state index contributed by atoms with van der Waals surface area (Å²) in [5, 5.41) is 0.901. The second-order valence-corrected chi connectivity index (χ2v) is 8.22. The Morgan fingerprint density at radius 2 is 1.86 bits per heavy atom. The van der Waals surface area contributed by atoms with Gasteiger partial charge in [-0.15, -0.1) is 0 Å². The molecule has 1 heterocycles. The highest BCUT2D eigenvalue weighted by molar-refractivity contribution is 6.09. The minimum absolute atomic E-state index is 0.0152. The van der Waals surface area contributed by atoms with E-state index in [4.69, 9.17) is 9.47 Å². The molecule has 0 N–H and O–H groups in total. The van der Waals surface area contributed by atoms with Crippen LogP contribution in [0.25, 0.3) is 10.9 Å². The van der Waals surface area contributed by atoms with E-state index in [1.165, 1.54) is 4.90 Å². The molecule has 2 rings (SSSR count). The fraction of sp³-hybridized carbons (Fsp3) is 0.545. The summed E-state index contributed by atoms with van der Waals surface area (Å²) in [6, 6.07) is 7.70. The number of amides is 1. The van der Waals surface area contributed by atoms with Crippen LogP contribution >= 0.6 is 0 Å². The minimum atomic E-state index is -0.607. The SMILES string of the molecule is COCCCn1cc(C(=O)CN(C(=O)OC(C)(C)C)C(C)C)c2ccccc21. The Hall–Kier alpha value is -2.34. The molecule has 0 unspecified atom stereocenters. The van der Waals surface area contributed by atoms with Gasteiger partial charge in [0, 0.05) is 49.0 Å². The van der Waals surface area contributed by atoms with Crippen molar-refractivity contribution < 1.29 is 19.1 Å². The highest BCUT2D eigenvalue weighted by atomic mass is 16.6. The van der Waals surface area contributed by atoms with E-state index in [0.29, 0.717) is 12.2 Å². The summed E-state index contributed by atoms with van der Waals surface area (Å²) < 4.78 is 12.7. The molecule has 0 aliphatic rings. The number of nitrogens with zero attached hydrogens (tertiary/aromatic N) is 2. The number of benzene rings is 1. The lowest BCUT2D eigenvalue weighted by atomic mass is 10.1. The summed E-state index contributed by atoms with van der Waals surface area (Å²) in [4.78, 5) is 27.1. The van der Waals surface area contributed by atoms with Crippen molar-refractivity contribution in [3.8, 4) is 0 Å². The Morgan fingerprint density at radius 3 is 2.46 bits per heavy atom. The topological polar surface area (TPSA) is 60.8 Å². The van der Waals surface area contributed by atoms with Crippen molar-refractivity contribution in [1.82, 2.24) is 9.47 Å². The van der Waals surface area contributed by atoms with Crippen LogP contribution in [0.5, 0.6) is 0 Å². The van der Waals surface area contributed by atoms with E-state index in [0.717, 1.165) is 23.9 Å². The molecular formula is C22H32N2O4. The quantitative estimate of drug-likeness (QED) is 0.493. The van der Waals surface area contributed by atoms with E-state index in [1.807, 2.05) is 65.1 Å². The zero-order valence-electron chi connectivity index (χ0n) is 17.8. The van der Waals surface area contributed by atoms with E-state index in [9.17, 15) is 9.59 Å². The Kier molecular flexibility index (Phi) is 7.24. The van der Waals surface area contributed by atoms with Crippen molar-refractivity contribution in [2.75, 3.05) is 20.3 Å². The van der Waals surface area contributed by atoms with E-state index in [2.05, 4.69) is 4.57 Å². The lowest BCUT2D eigenvalue weighted by molar-refractivity contribution is 0.0191. The second kappa shape index (κ2) is 9.24. The third kappa shape index (κ3) is 5.58. The molecule has 6 nitrogen and oxygen atoms in total. The zero-order chi connectivity index (χ0) is 20.9. The van der Waals surface area contributed by atoms with Crippen LogP contribution in [-0.2, 0) is 16.0 Å². The first-order valence-electron chi connectivity index (χ1n) is 9.73. The lowest BCUT2D eigenvalue weighted by Gasteiger charge is -2.29. The number of ketones is 1. The molecule has 1 aromatic heterocycles.